The highest BCUT2D eigenvalue weighted by molar-refractivity contribution is 9.10. The largest absolute Gasteiger partial charge is 0.369 e. The lowest BCUT2D eigenvalue weighted by atomic mass is 9.60. The lowest BCUT2D eigenvalue weighted by Gasteiger charge is -2.45. The lowest BCUT2D eigenvalue weighted by molar-refractivity contribution is -0.134. The molecule has 2 heterocycles. The van der Waals surface area contributed by atoms with Crippen LogP contribution >= 0.6 is 15.9 Å². The summed E-state index contributed by atoms with van der Waals surface area (Å²) in [6.45, 7) is 1.58. The van der Waals surface area contributed by atoms with Gasteiger partial charge in [0.05, 0.1) is 5.69 Å². The molecule has 116 valence electrons. The van der Waals surface area contributed by atoms with Gasteiger partial charge < -0.3 is 10.2 Å². The molecular formula is C19H17BrN2O. The third-order valence-electron chi connectivity index (χ3n) is 5.77. The van der Waals surface area contributed by atoms with E-state index in [0.717, 1.165) is 23.1 Å². The first-order valence-corrected chi connectivity index (χ1v) is 8.89. The van der Waals surface area contributed by atoms with E-state index in [2.05, 4.69) is 45.5 Å². The highest BCUT2D eigenvalue weighted by atomic mass is 79.9. The Labute approximate surface area is 143 Å². The molecule has 0 radical (unpaired) electrons. The fraction of sp³-hybridized carbons (Fsp3) is 0.316. The van der Waals surface area contributed by atoms with Crippen molar-refractivity contribution in [2.24, 2.45) is 5.92 Å². The molecule has 1 saturated heterocycles. The van der Waals surface area contributed by atoms with E-state index in [9.17, 15) is 4.79 Å². The number of para-hydroxylation sites is 1. The molecule has 3 aliphatic rings. The summed E-state index contributed by atoms with van der Waals surface area (Å²) in [6, 6.07) is 16.5. The molecule has 0 aromatic heterocycles. The van der Waals surface area contributed by atoms with E-state index in [-0.39, 0.29) is 11.4 Å². The minimum absolute atomic E-state index is 0.269. The number of rotatable bonds is 2. The Bertz CT molecular complexity index is 806. The van der Waals surface area contributed by atoms with Crippen molar-refractivity contribution in [1.82, 2.24) is 4.90 Å². The second kappa shape index (κ2) is 4.60. The van der Waals surface area contributed by atoms with Crippen LogP contribution in [0.25, 0.3) is 0 Å². The quantitative estimate of drug-likeness (QED) is 0.874. The number of hydrogen-bond acceptors (Lipinski definition) is 2. The molecular weight excluding hydrogens is 352 g/mol. The summed E-state index contributed by atoms with van der Waals surface area (Å²) in [6.07, 6.45) is 1.10. The first-order valence-electron chi connectivity index (χ1n) is 8.10. The lowest BCUT2D eigenvalue weighted by Crippen LogP contribution is -2.58. The van der Waals surface area contributed by atoms with E-state index >= 15 is 0 Å². The van der Waals surface area contributed by atoms with E-state index in [1.165, 1.54) is 11.1 Å². The Kier molecular flexibility index (Phi) is 2.72. The van der Waals surface area contributed by atoms with Gasteiger partial charge in [-0.3, -0.25) is 4.79 Å². The van der Waals surface area contributed by atoms with Gasteiger partial charge in [0.2, 0.25) is 5.91 Å². The van der Waals surface area contributed by atoms with Crippen molar-refractivity contribution in [3.8, 4) is 0 Å². The van der Waals surface area contributed by atoms with Gasteiger partial charge >= 0.3 is 0 Å². The van der Waals surface area contributed by atoms with Crippen LogP contribution in [0.5, 0.6) is 0 Å². The zero-order valence-electron chi connectivity index (χ0n) is 12.6. The van der Waals surface area contributed by atoms with E-state index in [4.69, 9.17) is 0 Å². The zero-order chi connectivity index (χ0) is 15.6. The van der Waals surface area contributed by atoms with Crippen molar-refractivity contribution in [3.05, 3.63) is 64.1 Å². The smallest absolute Gasteiger partial charge is 0.249 e. The Hall–Kier alpha value is -1.81. The Morgan fingerprint density at radius 3 is 2.83 bits per heavy atom. The van der Waals surface area contributed by atoms with Crippen molar-refractivity contribution < 1.29 is 4.79 Å². The number of halogens is 1. The summed E-state index contributed by atoms with van der Waals surface area (Å²) < 4.78 is 1.06. The fourth-order valence-electron chi connectivity index (χ4n) is 4.66. The molecule has 3 nitrogen and oxygen atoms in total. The van der Waals surface area contributed by atoms with Gasteiger partial charge in [0.1, 0.15) is 5.54 Å². The molecule has 0 bridgehead atoms. The molecule has 5 rings (SSSR count). The van der Waals surface area contributed by atoms with E-state index in [1.807, 2.05) is 29.2 Å². The molecule has 4 heteroatoms. The monoisotopic (exact) mass is 368 g/mol. The van der Waals surface area contributed by atoms with Crippen LogP contribution in [0.1, 0.15) is 23.5 Å². The molecule has 2 aromatic carbocycles. The normalized spacial score (nSPS) is 30.3. The van der Waals surface area contributed by atoms with Gasteiger partial charge in [0.15, 0.2) is 0 Å². The summed E-state index contributed by atoms with van der Waals surface area (Å²) in [5.41, 5.74) is 3.23. The van der Waals surface area contributed by atoms with E-state index in [0.29, 0.717) is 18.4 Å². The highest BCUT2D eigenvalue weighted by Crippen LogP contribution is 2.63. The maximum atomic E-state index is 13.2. The van der Waals surface area contributed by atoms with Crippen molar-refractivity contribution in [3.63, 3.8) is 0 Å². The van der Waals surface area contributed by atoms with Crippen molar-refractivity contribution >= 4 is 27.5 Å². The third-order valence-corrected chi connectivity index (χ3v) is 6.43. The number of benzene rings is 2. The van der Waals surface area contributed by atoms with Gasteiger partial charge in [-0.15, -0.1) is 0 Å². The molecule has 1 aliphatic carbocycles. The molecule has 1 N–H and O–H groups in total. The summed E-state index contributed by atoms with van der Waals surface area (Å²) >= 11 is 3.63. The van der Waals surface area contributed by atoms with E-state index < -0.39 is 0 Å². The van der Waals surface area contributed by atoms with Gasteiger partial charge in [0.25, 0.3) is 0 Å². The molecule has 2 fully saturated rings. The fourth-order valence-corrected chi connectivity index (χ4v) is 5.14. The maximum Gasteiger partial charge on any atom is 0.249 e. The average Bonchev–Trinajstić information content (AvgIpc) is 2.92. The van der Waals surface area contributed by atoms with Gasteiger partial charge in [-0.1, -0.05) is 42.5 Å². The number of amides is 1. The number of anilines is 1. The van der Waals surface area contributed by atoms with Crippen molar-refractivity contribution in [1.29, 1.82) is 0 Å². The van der Waals surface area contributed by atoms with Crippen molar-refractivity contribution in [2.75, 3.05) is 11.9 Å². The molecule has 2 aromatic rings. The summed E-state index contributed by atoms with van der Waals surface area (Å²) in [5, 5.41) is 3.61. The first kappa shape index (κ1) is 13.6. The third kappa shape index (κ3) is 1.67. The molecule has 1 saturated carbocycles. The zero-order valence-corrected chi connectivity index (χ0v) is 14.2. The van der Waals surface area contributed by atoms with Gasteiger partial charge in [-0.2, -0.15) is 0 Å². The summed E-state index contributed by atoms with van der Waals surface area (Å²) in [4.78, 5) is 15.2. The van der Waals surface area contributed by atoms with Crippen LogP contribution in [0.2, 0.25) is 0 Å². The van der Waals surface area contributed by atoms with Crippen LogP contribution in [0.15, 0.2) is 53.0 Å². The molecule has 2 aliphatic heterocycles. The van der Waals surface area contributed by atoms with Crippen LogP contribution in [-0.2, 0) is 11.3 Å². The summed E-state index contributed by atoms with van der Waals surface area (Å²) in [7, 11) is 0. The SMILES string of the molecule is O=C1N(Cc2ccccc2)C[C@@H]2C[C@H]3c4cccc(Br)c4N[C@@]123. The standard InChI is InChI=1S/C19H17BrN2O/c20-16-8-4-7-14-15-9-13-11-22(10-12-5-2-1-3-6-12)18(23)19(13,15)21-17(14)16/h1-8,13,15,21H,9-11H2/t13-,15-,19-/m0/s1. The second-order valence-electron chi connectivity index (χ2n) is 6.85. The van der Waals surface area contributed by atoms with Crippen LogP contribution in [0.4, 0.5) is 5.69 Å². The van der Waals surface area contributed by atoms with Crippen LogP contribution in [0, 0.1) is 5.92 Å². The van der Waals surface area contributed by atoms with Crippen LogP contribution in [-0.4, -0.2) is 22.9 Å². The molecule has 1 spiro atoms. The predicted octanol–water partition coefficient (Wildman–Crippen LogP) is 3.76. The van der Waals surface area contributed by atoms with Gasteiger partial charge in [0, 0.05) is 29.4 Å². The number of carbonyl (C=O) groups is 1. The number of nitrogens with zero attached hydrogens (tertiary/aromatic N) is 1. The van der Waals surface area contributed by atoms with Crippen LogP contribution in [0.3, 0.4) is 0 Å². The second-order valence-corrected chi connectivity index (χ2v) is 7.71. The van der Waals surface area contributed by atoms with Gasteiger partial charge in [-0.25, -0.2) is 0 Å². The van der Waals surface area contributed by atoms with Crippen molar-refractivity contribution in [2.45, 2.75) is 24.4 Å². The Balaban J connectivity index is 1.47. The minimum Gasteiger partial charge on any atom is -0.369 e. The Morgan fingerprint density at radius 2 is 2.00 bits per heavy atom. The number of likely N-dealkylation sites (tertiary alicyclic amines) is 1. The predicted molar refractivity (Wildman–Crippen MR) is 93.2 cm³/mol. The molecule has 23 heavy (non-hydrogen) atoms. The van der Waals surface area contributed by atoms with E-state index in [1.54, 1.807) is 0 Å². The number of nitrogens with one attached hydrogen (secondary N) is 1. The number of fused-ring (bicyclic) bond motifs is 2. The van der Waals surface area contributed by atoms with Gasteiger partial charge in [-0.05, 0) is 39.5 Å². The Morgan fingerprint density at radius 1 is 1.17 bits per heavy atom. The minimum atomic E-state index is -0.388. The van der Waals surface area contributed by atoms with Crippen LogP contribution < -0.4 is 5.32 Å². The molecule has 0 unspecified atom stereocenters. The topological polar surface area (TPSA) is 32.3 Å². The first-order chi connectivity index (χ1) is 11.2. The highest BCUT2D eigenvalue weighted by Gasteiger charge is 2.69. The molecule has 3 atom stereocenters. The molecule has 1 amide bonds. The summed E-state index contributed by atoms with van der Waals surface area (Å²) in [5.74, 6) is 1.02. The number of hydrogen-bond donors (Lipinski definition) is 1. The maximum absolute atomic E-state index is 13.2. The number of carbonyl (C=O) groups excluding carboxylic acids is 1. The average molecular weight is 369 g/mol.